The number of nitrogens with one attached hydrogen (secondary N) is 1. The fourth-order valence-electron chi connectivity index (χ4n) is 2.29. The van der Waals surface area contributed by atoms with Crippen molar-refractivity contribution in [2.75, 3.05) is 0 Å². The minimum atomic E-state index is 0.782. The third-order valence-electron chi connectivity index (χ3n) is 3.40. The number of rotatable bonds is 6. The largest absolute Gasteiger partial charge is 0.305 e. The molecule has 0 saturated carbocycles. The maximum atomic E-state index is 4.50. The molecule has 0 aliphatic heterocycles. The summed E-state index contributed by atoms with van der Waals surface area (Å²) in [6.07, 6.45) is 2.87. The lowest BCUT2D eigenvalue weighted by Gasteiger charge is -2.09. The fourth-order valence-corrected chi connectivity index (χ4v) is 2.71. The summed E-state index contributed by atoms with van der Waals surface area (Å²) in [6.45, 7) is 8.74. The van der Waals surface area contributed by atoms with Crippen molar-refractivity contribution in [3.05, 3.63) is 45.4 Å². The highest BCUT2D eigenvalue weighted by molar-refractivity contribution is 9.10. The summed E-state index contributed by atoms with van der Waals surface area (Å²) in [5, 5.41) is 7.97. The summed E-state index contributed by atoms with van der Waals surface area (Å²) < 4.78 is 3.13. The molecule has 2 aromatic heterocycles. The van der Waals surface area contributed by atoms with Crippen molar-refractivity contribution >= 4 is 15.9 Å². The Kier molecular flexibility index (Phi) is 5.31. The Morgan fingerprint density at radius 2 is 2.10 bits per heavy atom. The number of aryl methyl sites for hydroxylation is 3. The molecule has 0 radical (unpaired) electrons. The average molecular weight is 337 g/mol. The molecular formula is C15H21BrN4. The third kappa shape index (κ3) is 3.27. The molecule has 108 valence electrons. The van der Waals surface area contributed by atoms with Crippen molar-refractivity contribution in [3.63, 3.8) is 0 Å². The summed E-state index contributed by atoms with van der Waals surface area (Å²) in [5.74, 6) is 0. The smallest absolute Gasteiger partial charge is 0.0739 e. The van der Waals surface area contributed by atoms with Crippen LogP contribution in [0.3, 0.4) is 0 Å². The van der Waals surface area contributed by atoms with Crippen LogP contribution in [-0.4, -0.2) is 14.8 Å². The number of halogens is 1. The van der Waals surface area contributed by atoms with E-state index in [2.05, 4.69) is 51.2 Å². The maximum Gasteiger partial charge on any atom is 0.0739 e. The summed E-state index contributed by atoms with van der Waals surface area (Å²) in [5.41, 5.74) is 4.67. The zero-order valence-electron chi connectivity index (χ0n) is 12.3. The number of hydrogen-bond acceptors (Lipinski definition) is 3. The van der Waals surface area contributed by atoms with Crippen LogP contribution in [0.1, 0.15) is 36.5 Å². The first-order chi connectivity index (χ1) is 9.67. The fraction of sp³-hybridized carbons (Fsp3) is 0.467. The molecule has 0 atom stereocenters. The highest BCUT2D eigenvalue weighted by atomic mass is 79.9. The molecule has 2 rings (SSSR count). The lowest BCUT2D eigenvalue weighted by atomic mass is 10.1. The molecule has 0 saturated heterocycles. The molecule has 0 aliphatic carbocycles. The van der Waals surface area contributed by atoms with Gasteiger partial charge >= 0.3 is 0 Å². The van der Waals surface area contributed by atoms with Gasteiger partial charge in [0, 0.05) is 25.8 Å². The molecule has 2 aromatic rings. The van der Waals surface area contributed by atoms with Crippen LogP contribution in [0.15, 0.2) is 22.8 Å². The van der Waals surface area contributed by atoms with E-state index >= 15 is 0 Å². The van der Waals surface area contributed by atoms with E-state index in [4.69, 9.17) is 0 Å². The monoisotopic (exact) mass is 336 g/mol. The van der Waals surface area contributed by atoms with Crippen molar-refractivity contribution in [2.45, 2.75) is 46.8 Å². The molecule has 0 amide bonds. The van der Waals surface area contributed by atoms with Gasteiger partial charge < -0.3 is 5.32 Å². The van der Waals surface area contributed by atoms with Crippen LogP contribution in [-0.2, 0) is 26.1 Å². The Hall–Kier alpha value is -1.20. The van der Waals surface area contributed by atoms with E-state index in [9.17, 15) is 0 Å². The molecule has 4 nitrogen and oxygen atoms in total. The van der Waals surface area contributed by atoms with Crippen LogP contribution in [0.25, 0.3) is 0 Å². The van der Waals surface area contributed by atoms with E-state index in [-0.39, 0.29) is 0 Å². The van der Waals surface area contributed by atoms with E-state index in [0.29, 0.717) is 0 Å². The molecule has 0 aliphatic rings. The van der Waals surface area contributed by atoms with Crippen molar-refractivity contribution in [2.24, 2.45) is 0 Å². The molecule has 5 heteroatoms. The van der Waals surface area contributed by atoms with Gasteiger partial charge in [-0.1, -0.05) is 13.0 Å². The predicted octanol–water partition coefficient (Wildman–Crippen LogP) is 3.22. The molecule has 0 aromatic carbocycles. The van der Waals surface area contributed by atoms with Gasteiger partial charge in [0.05, 0.1) is 21.6 Å². The van der Waals surface area contributed by atoms with Gasteiger partial charge in [-0.25, -0.2) is 0 Å². The van der Waals surface area contributed by atoms with Gasteiger partial charge in [0.25, 0.3) is 0 Å². The molecule has 0 bridgehead atoms. The normalized spacial score (nSPS) is 11.0. The lowest BCUT2D eigenvalue weighted by Crippen LogP contribution is -2.18. The van der Waals surface area contributed by atoms with Crippen LogP contribution < -0.4 is 5.32 Å². The van der Waals surface area contributed by atoms with Crippen LogP contribution in [0, 0.1) is 6.92 Å². The Bertz CT molecular complexity index is 577. The van der Waals surface area contributed by atoms with Gasteiger partial charge in [-0.2, -0.15) is 5.10 Å². The first kappa shape index (κ1) is 15.2. The zero-order valence-corrected chi connectivity index (χ0v) is 13.9. The topological polar surface area (TPSA) is 42.7 Å². The number of hydrogen-bond donors (Lipinski definition) is 1. The van der Waals surface area contributed by atoms with Gasteiger partial charge in [-0.15, -0.1) is 0 Å². The van der Waals surface area contributed by atoms with Crippen LogP contribution in [0.4, 0.5) is 0 Å². The van der Waals surface area contributed by atoms with Crippen molar-refractivity contribution in [1.82, 2.24) is 20.1 Å². The highest BCUT2D eigenvalue weighted by Crippen LogP contribution is 2.20. The van der Waals surface area contributed by atoms with E-state index in [1.807, 2.05) is 23.9 Å². The van der Waals surface area contributed by atoms with Crippen molar-refractivity contribution in [1.29, 1.82) is 0 Å². The Morgan fingerprint density at radius 3 is 2.80 bits per heavy atom. The Labute approximate surface area is 128 Å². The molecule has 0 unspecified atom stereocenters. The second-order valence-electron chi connectivity index (χ2n) is 4.73. The van der Waals surface area contributed by atoms with Gasteiger partial charge in [-0.05, 0) is 47.8 Å². The van der Waals surface area contributed by atoms with Gasteiger partial charge in [0.15, 0.2) is 0 Å². The predicted molar refractivity (Wildman–Crippen MR) is 84.5 cm³/mol. The Morgan fingerprint density at radius 1 is 1.30 bits per heavy atom. The zero-order chi connectivity index (χ0) is 14.5. The molecule has 0 fully saturated rings. The summed E-state index contributed by atoms with van der Waals surface area (Å²) in [7, 11) is 0. The Balaban J connectivity index is 2.03. The van der Waals surface area contributed by atoms with Gasteiger partial charge in [-0.3, -0.25) is 9.67 Å². The number of pyridine rings is 1. The first-order valence-electron chi connectivity index (χ1n) is 7.02. The minimum absolute atomic E-state index is 0.782. The van der Waals surface area contributed by atoms with E-state index in [1.165, 1.54) is 11.3 Å². The second-order valence-corrected chi connectivity index (χ2v) is 5.52. The van der Waals surface area contributed by atoms with E-state index < -0.39 is 0 Å². The number of nitrogens with zero attached hydrogens (tertiary/aromatic N) is 3. The molecule has 0 spiro atoms. The van der Waals surface area contributed by atoms with Crippen LogP contribution in [0.5, 0.6) is 0 Å². The summed E-state index contributed by atoms with van der Waals surface area (Å²) in [4.78, 5) is 4.45. The minimum Gasteiger partial charge on any atom is -0.305 e. The quantitative estimate of drug-likeness (QED) is 0.880. The van der Waals surface area contributed by atoms with E-state index in [0.717, 1.165) is 41.9 Å². The second kappa shape index (κ2) is 6.99. The van der Waals surface area contributed by atoms with Crippen LogP contribution >= 0.6 is 15.9 Å². The number of aromatic nitrogens is 3. The molecular weight excluding hydrogens is 316 g/mol. The van der Waals surface area contributed by atoms with Gasteiger partial charge in [0.2, 0.25) is 0 Å². The van der Waals surface area contributed by atoms with E-state index in [1.54, 1.807) is 0 Å². The third-order valence-corrected chi connectivity index (χ3v) is 4.43. The SMILES string of the molecule is CCc1cccnc1CNCc1c(Br)c(C)nn1CC. The van der Waals surface area contributed by atoms with Crippen LogP contribution in [0.2, 0.25) is 0 Å². The standard InChI is InChI=1S/C15H21BrN4/c1-4-12-7-6-8-18-13(12)9-17-10-14-15(16)11(3)19-20(14)5-2/h6-8,17H,4-5,9-10H2,1-3H3. The van der Waals surface area contributed by atoms with Crippen molar-refractivity contribution < 1.29 is 0 Å². The maximum absolute atomic E-state index is 4.50. The van der Waals surface area contributed by atoms with Crippen molar-refractivity contribution in [3.8, 4) is 0 Å². The van der Waals surface area contributed by atoms with Gasteiger partial charge in [0.1, 0.15) is 0 Å². The highest BCUT2D eigenvalue weighted by Gasteiger charge is 2.11. The summed E-state index contributed by atoms with van der Waals surface area (Å²) in [6, 6.07) is 4.13. The average Bonchev–Trinajstić information content (AvgIpc) is 2.75. The first-order valence-corrected chi connectivity index (χ1v) is 7.81. The molecule has 1 N–H and O–H groups in total. The summed E-state index contributed by atoms with van der Waals surface area (Å²) >= 11 is 3.62. The molecule has 2 heterocycles. The molecule has 20 heavy (non-hydrogen) atoms. The lowest BCUT2D eigenvalue weighted by molar-refractivity contribution is 0.574.